The topological polar surface area (TPSA) is 35.6 Å². The zero-order valence-corrected chi connectivity index (χ0v) is 15.4. The summed E-state index contributed by atoms with van der Waals surface area (Å²) in [6.07, 6.45) is -2.45. The third kappa shape index (κ3) is 3.99. The van der Waals surface area contributed by atoms with E-state index in [-0.39, 0.29) is 6.03 Å². The van der Waals surface area contributed by atoms with Gasteiger partial charge < -0.3 is 10.2 Å². The fourth-order valence-corrected chi connectivity index (χ4v) is 4.00. The van der Waals surface area contributed by atoms with E-state index in [9.17, 15) is 18.0 Å². The van der Waals surface area contributed by atoms with E-state index < -0.39 is 11.7 Å². The quantitative estimate of drug-likeness (QED) is 0.828. The minimum Gasteiger partial charge on any atom is -0.323 e. The minimum atomic E-state index is -4.38. The van der Waals surface area contributed by atoms with Gasteiger partial charge in [-0.1, -0.05) is 24.3 Å². The van der Waals surface area contributed by atoms with E-state index in [0.29, 0.717) is 24.8 Å². The molecule has 2 aromatic rings. The molecule has 1 atom stereocenters. The molecule has 1 unspecified atom stereocenters. The van der Waals surface area contributed by atoms with Gasteiger partial charge in [0.05, 0.1) is 5.56 Å². The first-order chi connectivity index (χ1) is 13.4. The smallest absolute Gasteiger partial charge is 0.323 e. The summed E-state index contributed by atoms with van der Waals surface area (Å²) in [5.74, 6) is 0. The maximum absolute atomic E-state index is 12.6. The molecule has 0 radical (unpaired) electrons. The lowest BCUT2D eigenvalue weighted by Gasteiger charge is -2.33. The van der Waals surface area contributed by atoms with Crippen molar-refractivity contribution in [3.8, 4) is 0 Å². The van der Waals surface area contributed by atoms with Crippen LogP contribution in [0.3, 0.4) is 0 Å². The van der Waals surface area contributed by atoms with Gasteiger partial charge in [0, 0.05) is 37.9 Å². The number of alkyl halides is 3. The summed E-state index contributed by atoms with van der Waals surface area (Å²) >= 11 is 0. The third-order valence-electron chi connectivity index (χ3n) is 5.59. The predicted molar refractivity (Wildman–Crippen MR) is 101 cm³/mol. The van der Waals surface area contributed by atoms with Crippen LogP contribution in [-0.2, 0) is 19.1 Å². The first-order valence-electron chi connectivity index (χ1n) is 9.44. The Bertz CT molecular complexity index is 851. The van der Waals surface area contributed by atoms with Crippen LogP contribution in [0, 0.1) is 0 Å². The third-order valence-corrected chi connectivity index (χ3v) is 5.59. The van der Waals surface area contributed by atoms with Crippen molar-refractivity contribution in [3.63, 3.8) is 0 Å². The molecule has 2 heterocycles. The number of likely N-dealkylation sites (tertiary alicyclic amines) is 1. The second-order valence-electron chi connectivity index (χ2n) is 7.38. The number of anilines is 1. The van der Waals surface area contributed by atoms with E-state index in [1.807, 2.05) is 0 Å². The van der Waals surface area contributed by atoms with Crippen molar-refractivity contribution in [2.75, 3.05) is 25.0 Å². The Morgan fingerprint density at radius 2 is 1.71 bits per heavy atom. The molecule has 1 fully saturated rings. The highest BCUT2D eigenvalue weighted by Gasteiger charge is 2.32. The Hall–Kier alpha value is -2.54. The number of halogens is 3. The van der Waals surface area contributed by atoms with Gasteiger partial charge in [-0.15, -0.1) is 0 Å². The van der Waals surface area contributed by atoms with Gasteiger partial charge in [-0.2, -0.15) is 13.2 Å². The van der Waals surface area contributed by atoms with E-state index >= 15 is 0 Å². The van der Waals surface area contributed by atoms with Crippen molar-refractivity contribution >= 4 is 11.7 Å². The van der Waals surface area contributed by atoms with Crippen LogP contribution in [0.4, 0.5) is 23.7 Å². The number of urea groups is 1. The fourth-order valence-electron chi connectivity index (χ4n) is 4.00. The van der Waals surface area contributed by atoms with E-state index in [0.717, 1.165) is 38.1 Å². The number of amides is 2. The summed E-state index contributed by atoms with van der Waals surface area (Å²) < 4.78 is 37.9. The van der Waals surface area contributed by atoms with Crippen LogP contribution in [0.1, 0.15) is 23.1 Å². The second-order valence-corrected chi connectivity index (χ2v) is 7.38. The molecular weight excluding hydrogens is 367 g/mol. The molecule has 148 valence electrons. The summed E-state index contributed by atoms with van der Waals surface area (Å²) in [4.78, 5) is 16.7. The lowest BCUT2D eigenvalue weighted by atomic mass is 9.98. The Kier molecular flexibility index (Phi) is 5.02. The standard InChI is InChI=1S/C21H22F3N3O/c22-21(23,24)17-5-7-18(8-6-17)25-20(28)27-12-10-19(14-27)26-11-9-15-3-1-2-4-16(15)13-26/h1-8,19H,9-14H2,(H,25,28). The lowest BCUT2D eigenvalue weighted by Crippen LogP contribution is -2.42. The molecule has 4 nitrogen and oxygen atoms in total. The predicted octanol–water partition coefficient (Wildman–Crippen LogP) is 4.37. The maximum atomic E-state index is 12.6. The van der Waals surface area contributed by atoms with Crippen molar-refractivity contribution in [3.05, 3.63) is 65.2 Å². The molecule has 1 saturated heterocycles. The van der Waals surface area contributed by atoms with E-state index in [1.165, 1.54) is 23.3 Å². The molecule has 1 N–H and O–H groups in total. The molecule has 28 heavy (non-hydrogen) atoms. The van der Waals surface area contributed by atoms with Crippen LogP contribution < -0.4 is 5.32 Å². The number of benzene rings is 2. The van der Waals surface area contributed by atoms with E-state index in [4.69, 9.17) is 0 Å². The number of nitrogens with zero attached hydrogens (tertiary/aromatic N) is 2. The van der Waals surface area contributed by atoms with Gasteiger partial charge >= 0.3 is 12.2 Å². The summed E-state index contributed by atoms with van der Waals surface area (Å²) in [5.41, 5.74) is 2.39. The number of fused-ring (bicyclic) bond motifs is 1. The second kappa shape index (κ2) is 7.47. The van der Waals surface area contributed by atoms with Crippen LogP contribution in [0.5, 0.6) is 0 Å². The van der Waals surface area contributed by atoms with E-state index in [1.54, 1.807) is 4.90 Å². The zero-order chi connectivity index (χ0) is 19.7. The Balaban J connectivity index is 1.33. The number of rotatable bonds is 2. The first kappa shape index (κ1) is 18.8. The van der Waals surface area contributed by atoms with Gasteiger partial charge in [0.25, 0.3) is 0 Å². The summed E-state index contributed by atoms with van der Waals surface area (Å²) in [7, 11) is 0. The minimum absolute atomic E-state index is 0.264. The molecule has 2 aliphatic heterocycles. The van der Waals surface area contributed by atoms with Gasteiger partial charge in [-0.3, -0.25) is 4.90 Å². The summed E-state index contributed by atoms with van der Waals surface area (Å²) in [5, 5.41) is 2.70. The van der Waals surface area contributed by atoms with Crippen molar-refractivity contribution in [2.45, 2.75) is 31.6 Å². The Morgan fingerprint density at radius 3 is 2.43 bits per heavy atom. The first-order valence-corrected chi connectivity index (χ1v) is 9.44. The molecule has 4 rings (SSSR count). The highest BCUT2D eigenvalue weighted by Crippen LogP contribution is 2.30. The normalized spacial score (nSPS) is 20.1. The van der Waals surface area contributed by atoms with Gasteiger partial charge in [0.1, 0.15) is 0 Å². The average molecular weight is 389 g/mol. The molecule has 2 aliphatic rings. The van der Waals surface area contributed by atoms with Crippen molar-refractivity contribution < 1.29 is 18.0 Å². The van der Waals surface area contributed by atoms with Gasteiger partial charge in [-0.25, -0.2) is 4.79 Å². The van der Waals surface area contributed by atoms with Crippen molar-refractivity contribution in [1.29, 1.82) is 0 Å². The summed E-state index contributed by atoms with van der Waals surface area (Å²) in [6, 6.07) is 13.0. The highest BCUT2D eigenvalue weighted by molar-refractivity contribution is 5.89. The van der Waals surface area contributed by atoms with Gasteiger partial charge in [-0.05, 0) is 48.2 Å². The number of hydrogen-bond donors (Lipinski definition) is 1. The number of carbonyl (C=O) groups excluding carboxylic acids is 1. The van der Waals surface area contributed by atoms with Gasteiger partial charge in [0.15, 0.2) is 0 Å². The molecule has 0 saturated carbocycles. The molecule has 2 aromatic carbocycles. The van der Waals surface area contributed by atoms with Crippen molar-refractivity contribution in [1.82, 2.24) is 9.80 Å². The van der Waals surface area contributed by atoms with Crippen molar-refractivity contribution in [2.24, 2.45) is 0 Å². The van der Waals surface area contributed by atoms with Gasteiger partial charge in [0.2, 0.25) is 0 Å². The molecule has 0 aromatic heterocycles. The van der Waals surface area contributed by atoms with Crippen LogP contribution in [0.2, 0.25) is 0 Å². The Morgan fingerprint density at radius 1 is 1.00 bits per heavy atom. The summed E-state index contributed by atoms with van der Waals surface area (Å²) in [6.45, 7) is 3.16. The monoisotopic (exact) mass is 389 g/mol. The zero-order valence-electron chi connectivity index (χ0n) is 15.4. The Labute approximate surface area is 161 Å². The van der Waals surface area contributed by atoms with Crippen LogP contribution in [-0.4, -0.2) is 41.5 Å². The van der Waals surface area contributed by atoms with Crippen LogP contribution in [0.25, 0.3) is 0 Å². The SMILES string of the molecule is O=C(Nc1ccc(C(F)(F)F)cc1)N1CCC(N2CCc3ccccc3C2)C1. The molecule has 2 amide bonds. The molecule has 0 spiro atoms. The lowest BCUT2D eigenvalue weighted by molar-refractivity contribution is -0.137. The molecule has 7 heteroatoms. The number of nitrogens with one attached hydrogen (secondary N) is 1. The number of carbonyl (C=O) groups is 1. The fraction of sp³-hybridized carbons (Fsp3) is 0.381. The highest BCUT2D eigenvalue weighted by atomic mass is 19.4. The average Bonchev–Trinajstić information content (AvgIpc) is 3.18. The molecular formula is C21H22F3N3O. The molecule has 0 bridgehead atoms. The largest absolute Gasteiger partial charge is 0.416 e. The van der Waals surface area contributed by atoms with E-state index in [2.05, 4.69) is 34.5 Å². The van der Waals surface area contributed by atoms with Crippen LogP contribution >= 0.6 is 0 Å². The van der Waals surface area contributed by atoms with Crippen LogP contribution in [0.15, 0.2) is 48.5 Å². The maximum Gasteiger partial charge on any atom is 0.416 e. The molecule has 0 aliphatic carbocycles. The number of hydrogen-bond acceptors (Lipinski definition) is 2.